The summed E-state index contributed by atoms with van der Waals surface area (Å²) in [6.07, 6.45) is 4.04. The van der Waals surface area contributed by atoms with Crippen molar-refractivity contribution in [3.05, 3.63) is 0 Å². The third-order valence-corrected chi connectivity index (χ3v) is 4.38. The Balaban J connectivity index is 1.79. The first kappa shape index (κ1) is 14.8. The number of hydrogen-bond acceptors (Lipinski definition) is 4. The van der Waals surface area contributed by atoms with Crippen LogP contribution in [0.3, 0.4) is 0 Å². The largest absolute Gasteiger partial charge is 0.381 e. The summed E-state index contributed by atoms with van der Waals surface area (Å²) in [6.45, 7) is 6.80. The van der Waals surface area contributed by atoms with Crippen LogP contribution in [0.4, 0.5) is 0 Å². The number of likely N-dealkylation sites (tertiary alicyclic amines) is 1. The van der Waals surface area contributed by atoms with Crippen molar-refractivity contribution >= 4 is 5.91 Å². The van der Waals surface area contributed by atoms with Crippen molar-refractivity contribution in [3.8, 4) is 0 Å². The van der Waals surface area contributed by atoms with Gasteiger partial charge in [0.15, 0.2) is 0 Å². The maximum absolute atomic E-state index is 12.2. The van der Waals surface area contributed by atoms with Crippen LogP contribution in [0.2, 0.25) is 0 Å². The van der Waals surface area contributed by atoms with Crippen LogP contribution in [0, 0.1) is 5.92 Å². The number of piperidine rings is 1. The van der Waals surface area contributed by atoms with Gasteiger partial charge in [-0.15, -0.1) is 0 Å². The summed E-state index contributed by atoms with van der Waals surface area (Å²) in [4.78, 5) is 14.6. The second kappa shape index (κ2) is 7.22. The minimum atomic E-state index is -0.374. The Morgan fingerprint density at radius 1 is 1.42 bits per heavy atom. The molecule has 2 saturated heterocycles. The van der Waals surface area contributed by atoms with Gasteiger partial charge in [0.1, 0.15) is 0 Å². The standard InChI is InChI=1S/C14H27N3O2/c1-2-17-7-3-4-12(10-17)16-14(18)13(15)11-5-8-19-9-6-11/h11-13H,2-10,15H2,1H3,(H,16,18). The summed E-state index contributed by atoms with van der Waals surface area (Å²) < 4.78 is 5.31. The van der Waals surface area contributed by atoms with Crippen molar-refractivity contribution in [3.63, 3.8) is 0 Å². The van der Waals surface area contributed by atoms with E-state index in [1.165, 1.54) is 0 Å². The Labute approximate surface area is 115 Å². The maximum Gasteiger partial charge on any atom is 0.237 e. The lowest BCUT2D eigenvalue weighted by Gasteiger charge is -2.34. The van der Waals surface area contributed by atoms with Gasteiger partial charge < -0.3 is 20.7 Å². The van der Waals surface area contributed by atoms with Gasteiger partial charge in [-0.25, -0.2) is 0 Å². The average Bonchev–Trinajstić information content (AvgIpc) is 2.47. The van der Waals surface area contributed by atoms with E-state index in [0.29, 0.717) is 0 Å². The van der Waals surface area contributed by atoms with Gasteiger partial charge >= 0.3 is 0 Å². The molecule has 2 fully saturated rings. The van der Waals surface area contributed by atoms with Crippen molar-refractivity contribution in [1.29, 1.82) is 0 Å². The molecule has 5 heteroatoms. The van der Waals surface area contributed by atoms with E-state index in [0.717, 1.165) is 58.5 Å². The van der Waals surface area contributed by atoms with Crippen molar-refractivity contribution in [1.82, 2.24) is 10.2 Å². The number of amides is 1. The van der Waals surface area contributed by atoms with Gasteiger partial charge in [-0.05, 0) is 44.7 Å². The fourth-order valence-electron chi connectivity index (χ4n) is 3.05. The number of carbonyl (C=O) groups excluding carboxylic acids is 1. The Hall–Kier alpha value is -0.650. The third kappa shape index (κ3) is 4.16. The molecule has 0 bridgehead atoms. The van der Waals surface area contributed by atoms with Crippen LogP contribution < -0.4 is 11.1 Å². The monoisotopic (exact) mass is 269 g/mol. The normalized spacial score (nSPS) is 28.0. The quantitative estimate of drug-likeness (QED) is 0.772. The summed E-state index contributed by atoms with van der Waals surface area (Å²) in [5, 5.41) is 3.13. The molecule has 2 aliphatic heterocycles. The minimum absolute atomic E-state index is 0.0230. The number of carbonyl (C=O) groups is 1. The molecule has 0 saturated carbocycles. The molecule has 2 atom stereocenters. The lowest BCUT2D eigenvalue weighted by atomic mass is 9.91. The molecule has 2 unspecified atom stereocenters. The molecule has 2 aliphatic rings. The van der Waals surface area contributed by atoms with Crippen LogP contribution in [0.25, 0.3) is 0 Å². The first-order valence-corrected chi connectivity index (χ1v) is 7.56. The predicted molar refractivity (Wildman–Crippen MR) is 74.8 cm³/mol. The fourth-order valence-corrected chi connectivity index (χ4v) is 3.05. The lowest BCUT2D eigenvalue weighted by molar-refractivity contribution is -0.125. The second-order valence-electron chi connectivity index (χ2n) is 5.72. The van der Waals surface area contributed by atoms with E-state index in [-0.39, 0.29) is 23.9 Å². The average molecular weight is 269 g/mol. The van der Waals surface area contributed by atoms with Gasteiger partial charge in [-0.2, -0.15) is 0 Å². The van der Waals surface area contributed by atoms with E-state index < -0.39 is 0 Å². The number of rotatable bonds is 4. The van der Waals surface area contributed by atoms with Crippen LogP contribution in [0.5, 0.6) is 0 Å². The highest BCUT2D eigenvalue weighted by Gasteiger charge is 2.29. The second-order valence-corrected chi connectivity index (χ2v) is 5.72. The van der Waals surface area contributed by atoms with E-state index in [1.807, 2.05) is 0 Å². The highest BCUT2D eigenvalue weighted by Crippen LogP contribution is 2.18. The summed E-state index contributed by atoms with van der Waals surface area (Å²) in [6, 6.07) is -0.104. The Morgan fingerprint density at radius 3 is 2.84 bits per heavy atom. The van der Waals surface area contributed by atoms with Gasteiger partial charge in [0, 0.05) is 25.8 Å². The van der Waals surface area contributed by atoms with Crippen molar-refractivity contribution in [2.75, 3.05) is 32.8 Å². The highest BCUT2D eigenvalue weighted by atomic mass is 16.5. The van der Waals surface area contributed by atoms with E-state index in [1.54, 1.807) is 0 Å². The molecule has 19 heavy (non-hydrogen) atoms. The molecule has 1 amide bonds. The zero-order chi connectivity index (χ0) is 13.7. The van der Waals surface area contributed by atoms with Crippen molar-refractivity contribution in [2.24, 2.45) is 11.7 Å². The SMILES string of the molecule is CCN1CCCC(NC(=O)C(N)C2CCOCC2)C1. The number of nitrogens with zero attached hydrogens (tertiary/aromatic N) is 1. The van der Waals surface area contributed by atoms with Gasteiger partial charge in [0.05, 0.1) is 6.04 Å². The number of nitrogens with one attached hydrogen (secondary N) is 1. The number of hydrogen-bond donors (Lipinski definition) is 2. The van der Waals surface area contributed by atoms with Gasteiger partial charge in [-0.3, -0.25) is 4.79 Å². The van der Waals surface area contributed by atoms with Crippen LogP contribution in [0.1, 0.15) is 32.6 Å². The fraction of sp³-hybridized carbons (Fsp3) is 0.929. The molecule has 0 spiro atoms. The van der Waals surface area contributed by atoms with Crippen LogP contribution in [-0.4, -0.2) is 55.7 Å². The summed E-state index contributed by atoms with van der Waals surface area (Å²) >= 11 is 0. The number of ether oxygens (including phenoxy) is 1. The van der Waals surface area contributed by atoms with Crippen molar-refractivity contribution in [2.45, 2.75) is 44.7 Å². The zero-order valence-electron chi connectivity index (χ0n) is 11.9. The first-order chi connectivity index (χ1) is 9.20. The summed E-state index contributed by atoms with van der Waals surface area (Å²) in [5.74, 6) is 0.300. The molecule has 2 heterocycles. The Bertz CT molecular complexity index is 292. The van der Waals surface area contributed by atoms with Crippen LogP contribution in [0.15, 0.2) is 0 Å². The van der Waals surface area contributed by atoms with E-state index in [2.05, 4.69) is 17.1 Å². The Morgan fingerprint density at radius 2 is 2.16 bits per heavy atom. The zero-order valence-corrected chi connectivity index (χ0v) is 11.9. The third-order valence-electron chi connectivity index (χ3n) is 4.38. The number of likely N-dealkylation sites (N-methyl/N-ethyl adjacent to an activating group) is 1. The summed E-state index contributed by atoms with van der Waals surface area (Å²) in [7, 11) is 0. The van der Waals surface area contributed by atoms with Gasteiger partial charge in [-0.1, -0.05) is 6.92 Å². The van der Waals surface area contributed by atoms with Crippen LogP contribution in [-0.2, 0) is 9.53 Å². The molecular formula is C14H27N3O2. The van der Waals surface area contributed by atoms with Gasteiger partial charge in [0.2, 0.25) is 5.91 Å². The minimum Gasteiger partial charge on any atom is -0.381 e. The van der Waals surface area contributed by atoms with Crippen molar-refractivity contribution < 1.29 is 9.53 Å². The Kier molecular flexibility index (Phi) is 5.60. The molecule has 5 nitrogen and oxygen atoms in total. The lowest BCUT2D eigenvalue weighted by Crippen LogP contribution is -2.54. The molecule has 0 aromatic carbocycles. The van der Waals surface area contributed by atoms with E-state index >= 15 is 0 Å². The molecule has 0 aromatic rings. The first-order valence-electron chi connectivity index (χ1n) is 7.56. The maximum atomic E-state index is 12.2. The topological polar surface area (TPSA) is 67.6 Å². The molecule has 0 aromatic heterocycles. The number of nitrogens with two attached hydrogens (primary N) is 1. The molecular weight excluding hydrogens is 242 g/mol. The highest BCUT2D eigenvalue weighted by molar-refractivity contribution is 5.82. The van der Waals surface area contributed by atoms with Crippen LogP contribution >= 0.6 is 0 Å². The molecule has 2 rings (SSSR count). The van der Waals surface area contributed by atoms with E-state index in [4.69, 9.17) is 10.5 Å². The smallest absolute Gasteiger partial charge is 0.237 e. The van der Waals surface area contributed by atoms with Gasteiger partial charge in [0.25, 0.3) is 0 Å². The summed E-state index contributed by atoms with van der Waals surface area (Å²) in [5.41, 5.74) is 6.10. The predicted octanol–water partition coefficient (Wildman–Crippen LogP) is 0.341. The van der Waals surface area contributed by atoms with E-state index in [9.17, 15) is 4.79 Å². The molecule has 0 radical (unpaired) electrons. The molecule has 0 aliphatic carbocycles. The molecule has 3 N–H and O–H groups in total. The molecule has 110 valence electrons.